The Morgan fingerprint density at radius 3 is 2.66 bits per heavy atom. The van der Waals surface area contributed by atoms with Crippen LogP contribution in [0.25, 0.3) is 0 Å². The highest BCUT2D eigenvalue weighted by molar-refractivity contribution is 14.0. The van der Waals surface area contributed by atoms with E-state index in [1.165, 1.54) is 42.9 Å². The Hall–Kier alpha value is -0.450. The van der Waals surface area contributed by atoms with Gasteiger partial charge in [-0.25, -0.2) is 4.98 Å². The summed E-state index contributed by atoms with van der Waals surface area (Å²) in [4.78, 5) is 14.6. The maximum Gasteiger partial charge on any atom is 0.191 e. The molecule has 0 aromatic carbocycles. The van der Waals surface area contributed by atoms with Crippen LogP contribution >= 0.6 is 35.3 Å². The minimum atomic E-state index is 0. The lowest BCUT2D eigenvalue weighted by Gasteiger charge is -2.31. The Morgan fingerprint density at radius 1 is 1.21 bits per heavy atom. The van der Waals surface area contributed by atoms with Crippen LogP contribution in [0.3, 0.4) is 0 Å². The number of likely N-dealkylation sites (tertiary alicyclic amines) is 2. The molecule has 1 aromatic rings. The Balaban J connectivity index is 0.00000300. The number of nitrogens with zero attached hydrogens (tertiary/aromatic N) is 4. The second-order valence-electron chi connectivity index (χ2n) is 8.10. The molecule has 2 saturated heterocycles. The molecule has 0 amide bonds. The summed E-state index contributed by atoms with van der Waals surface area (Å²) >= 11 is 1.75. The number of rotatable bonds is 8. The summed E-state index contributed by atoms with van der Waals surface area (Å²) in [7, 11) is 0. The molecule has 2 fully saturated rings. The average molecular weight is 535 g/mol. The number of hydrogen-bond donors (Lipinski definition) is 2. The Morgan fingerprint density at radius 2 is 2.00 bits per heavy atom. The summed E-state index contributed by atoms with van der Waals surface area (Å²) in [6, 6.07) is 0.659. The summed E-state index contributed by atoms with van der Waals surface area (Å²) in [5.74, 6) is 1.69. The molecule has 0 spiro atoms. The van der Waals surface area contributed by atoms with Crippen LogP contribution in [0.1, 0.15) is 50.2 Å². The summed E-state index contributed by atoms with van der Waals surface area (Å²) < 4.78 is 0. The standard InChI is InChI=1S/C21H38N6S.HI/c1-4-22-21(24-14-20-7-6-10-27(20)5-2)23-13-18-8-11-26(12-9-18)15-19-16-28-17(3)25-19;/h16,18,20H,4-15H2,1-3H3,(H2,22,23,24);1H. The molecular formula is C21H39IN6S. The van der Waals surface area contributed by atoms with Gasteiger partial charge in [-0.05, 0) is 71.6 Å². The smallest absolute Gasteiger partial charge is 0.191 e. The zero-order valence-electron chi connectivity index (χ0n) is 18.3. The number of nitrogens with one attached hydrogen (secondary N) is 2. The first kappa shape index (κ1) is 24.8. The van der Waals surface area contributed by atoms with Gasteiger partial charge in [0, 0.05) is 37.6 Å². The topological polar surface area (TPSA) is 55.8 Å². The Kier molecular flexibility index (Phi) is 11.2. The number of aryl methyl sites for hydroxylation is 1. The Bertz CT molecular complexity index is 614. The van der Waals surface area contributed by atoms with Gasteiger partial charge in [0.15, 0.2) is 5.96 Å². The maximum absolute atomic E-state index is 4.91. The number of thiazole rings is 1. The molecule has 8 heteroatoms. The summed E-state index contributed by atoms with van der Waals surface area (Å²) in [5.41, 5.74) is 1.23. The van der Waals surface area contributed by atoms with E-state index < -0.39 is 0 Å². The van der Waals surface area contributed by atoms with Crippen molar-refractivity contribution in [2.24, 2.45) is 10.9 Å². The van der Waals surface area contributed by atoms with Crippen LogP contribution in [0.4, 0.5) is 0 Å². The number of aliphatic imine (C=N–C) groups is 1. The molecule has 2 aliphatic heterocycles. The summed E-state index contributed by atoms with van der Waals surface area (Å²) in [6.45, 7) is 15.1. The first-order valence-electron chi connectivity index (χ1n) is 11.1. The molecule has 3 heterocycles. The fourth-order valence-corrected chi connectivity index (χ4v) is 4.96. The van der Waals surface area contributed by atoms with Gasteiger partial charge >= 0.3 is 0 Å². The van der Waals surface area contributed by atoms with Crippen LogP contribution in [0.2, 0.25) is 0 Å². The van der Waals surface area contributed by atoms with Crippen LogP contribution in [0, 0.1) is 12.8 Å². The maximum atomic E-state index is 4.91. The fraction of sp³-hybridized carbons (Fsp3) is 0.810. The van der Waals surface area contributed by atoms with E-state index in [4.69, 9.17) is 4.99 Å². The van der Waals surface area contributed by atoms with Crippen molar-refractivity contribution < 1.29 is 0 Å². The van der Waals surface area contributed by atoms with Gasteiger partial charge in [-0.15, -0.1) is 35.3 Å². The first-order valence-corrected chi connectivity index (χ1v) is 12.0. The molecular weight excluding hydrogens is 495 g/mol. The minimum Gasteiger partial charge on any atom is -0.357 e. The molecule has 166 valence electrons. The van der Waals surface area contributed by atoms with Crippen LogP contribution in [0.15, 0.2) is 10.4 Å². The van der Waals surface area contributed by atoms with Gasteiger partial charge in [0.05, 0.1) is 10.7 Å². The monoisotopic (exact) mass is 534 g/mol. The number of likely N-dealkylation sites (N-methyl/N-ethyl adjacent to an activating group) is 1. The molecule has 29 heavy (non-hydrogen) atoms. The summed E-state index contributed by atoms with van der Waals surface area (Å²) in [5, 5.41) is 10.4. The third-order valence-electron chi connectivity index (χ3n) is 6.02. The van der Waals surface area contributed by atoms with E-state index in [-0.39, 0.29) is 24.0 Å². The van der Waals surface area contributed by atoms with Crippen molar-refractivity contribution in [2.45, 2.75) is 59.0 Å². The molecule has 0 saturated carbocycles. The van der Waals surface area contributed by atoms with Crippen molar-refractivity contribution in [1.82, 2.24) is 25.4 Å². The fourth-order valence-electron chi connectivity index (χ4n) is 4.36. The molecule has 3 rings (SSSR count). The lowest BCUT2D eigenvalue weighted by Crippen LogP contribution is -2.45. The molecule has 1 unspecified atom stereocenters. The average Bonchev–Trinajstić information content (AvgIpc) is 3.33. The third kappa shape index (κ3) is 7.95. The molecule has 2 N–H and O–H groups in total. The van der Waals surface area contributed by atoms with Crippen LogP contribution in [-0.2, 0) is 6.54 Å². The van der Waals surface area contributed by atoms with E-state index in [0.29, 0.717) is 12.0 Å². The molecule has 0 bridgehead atoms. The van der Waals surface area contributed by atoms with Crippen molar-refractivity contribution in [3.05, 3.63) is 16.1 Å². The van der Waals surface area contributed by atoms with Crippen LogP contribution in [0.5, 0.6) is 0 Å². The summed E-state index contributed by atoms with van der Waals surface area (Å²) in [6.07, 6.45) is 5.10. The first-order chi connectivity index (χ1) is 13.7. The van der Waals surface area contributed by atoms with E-state index in [9.17, 15) is 0 Å². The van der Waals surface area contributed by atoms with Gasteiger partial charge < -0.3 is 10.6 Å². The number of guanidine groups is 1. The lowest BCUT2D eigenvalue weighted by molar-refractivity contribution is 0.179. The third-order valence-corrected chi connectivity index (χ3v) is 6.84. The molecule has 0 radical (unpaired) electrons. The van der Waals surface area contributed by atoms with E-state index in [1.807, 2.05) is 0 Å². The van der Waals surface area contributed by atoms with Crippen LogP contribution in [-0.4, -0.2) is 72.6 Å². The van der Waals surface area contributed by atoms with Gasteiger partial charge in [0.1, 0.15) is 0 Å². The Labute approximate surface area is 198 Å². The van der Waals surface area contributed by atoms with Crippen molar-refractivity contribution in [3.8, 4) is 0 Å². The SMILES string of the molecule is CCNC(=NCC1CCN(Cc2csc(C)n2)CC1)NCC1CCCN1CC.I. The van der Waals surface area contributed by atoms with Gasteiger partial charge in [0.25, 0.3) is 0 Å². The highest BCUT2D eigenvalue weighted by Crippen LogP contribution is 2.20. The van der Waals surface area contributed by atoms with E-state index in [2.05, 4.69) is 51.6 Å². The van der Waals surface area contributed by atoms with Crippen molar-refractivity contribution in [3.63, 3.8) is 0 Å². The van der Waals surface area contributed by atoms with E-state index in [1.54, 1.807) is 11.3 Å². The largest absolute Gasteiger partial charge is 0.357 e. The molecule has 1 atom stereocenters. The van der Waals surface area contributed by atoms with E-state index in [0.717, 1.165) is 51.8 Å². The molecule has 2 aliphatic rings. The number of piperidine rings is 1. The zero-order chi connectivity index (χ0) is 19.8. The predicted molar refractivity (Wildman–Crippen MR) is 135 cm³/mol. The van der Waals surface area contributed by atoms with Gasteiger partial charge in [0.2, 0.25) is 0 Å². The minimum absolute atomic E-state index is 0. The zero-order valence-corrected chi connectivity index (χ0v) is 21.5. The van der Waals surface area contributed by atoms with Gasteiger partial charge in [-0.2, -0.15) is 0 Å². The van der Waals surface area contributed by atoms with Gasteiger partial charge in [-0.3, -0.25) is 14.8 Å². The normalized spacial score (nSPS) is 21.9. The second kappa shape index (κ2) is 13.1. The highest BCUT2D eigenvalue weighted by atomic mass is 127. The number of hydrogen-bond acceptors (Lipinski definition) is 5. The molecule has 0 aliphatic carbocycles. The quantitative estimate of drug-likeness (QED) is 0.305. The van der Waals surface area contributed by atoms with Crippen molar-refractivity contribution >= 4 is 41.3 Å². The highest BCUT2D eigenvalue weighted by Gasteiger charge is 2.23. The van der Waals surface area contributed by atoms with Crippen LogP contribution < -0.4 is 10.6 Å². The van der Waals surface area contributed by atoms with Gasteiger partial charge in [-0.1, -0.05) is 6.92 Å². The predicted octanol–water partition coefficient (Wildman–Crippen LogP) is 3.32. The molecule has 1 aromatic heterocycles. The number of aromatic nitrogens is 1. The number of halogens is 1. The van der Waals surface area contributed by atoms with E-state index >= 15 is 0 Å². The van der Waals surface area contributed by atoms with Crippen molar-refractivity contribution in [2.75, 3.05) is 45.8 Å². The lowest BCUT2D eigenvalue weighted by atomic mass is 9.97. The second-order valence-corrected chi connectivity index (χ2v) is 9.16. The molecule has 6 nitrogen and oxygen atoms in total. The van der Waals surface area contributed by atoms with Crippen molar-refractivity contribution in [1.29, 1.82) is 0 Å².